The molecule has 2 aromatic heterocycles. The van der Waals surface area contributed by atoms with Crippen molar-refractivity contribution in [2.75, 3.05) is 5.73 Å². The Labute approximate surface area is 96.3 Å². The van der Waals surface area contributed by atoms with E-state index < -0.39 is 0 Å². The summed E-state index contributed by atoms with van der Waals surface area (Å²) in [5.41, 5.74) is 7.60. The van der Waals surface area contributed by atoms with E-state index in [-0.39, 0.29) is 0 Å². The van der Waals surface area contributed by atoms with E-state index in [0.717, 1.165) is 15.7 Å². The zero-order valence-corrected chi connectivity index (χ0v) is 9.90. The first-order chi connectivity index (χ1) is 7.16. The first-order valence-corrected chi connectivity index (χ1v) is 5.35. The highest BCUT2D eigenvalue weighted by Gasteiger charge is 2.04. The van der Waals surface area contributed by atoms with Crippen molar-refractivity contribution in [2.45, 2.75) is 13.5 Å². The van der Waals surface area contributed by atoms with Crippen LogP contribution in [0.5, 0.6) is 0 Å². The molecule has 0 unspecified atom stereocenters. The molecule has 0 bridgehead atoms. The van der Waals surface area contributed by atoms with Crippen molar-refractivity contribution in [1.82, 2.24) is 14.8 Å². The molecular weight excluding hydrogens is 256 g/mol. The van der Waals surface area contributed by atoms with Crippen molar-refractivity contribution in [3.63, 3.8) is 0 Å². The van der Waals surface area contributed by atoms with Crippen molar-refractivity contribution < 1.29 is 0 Å². The molecule has 0 radical (unpaired) electrons. The molecule has 0 spiro atoms. The molecule has 2 rings (SSSR count). The molecule has 0 fully saturated rings. The predicted molar refractivity (Wildman–Crippen MR) is 62.4 cm³/mol. The van der Waals surface area contributed by atoms with E-state index in [9.17, 15) is 0 Å². The average Bonchev–Trinajstić information content (AvgIpc) is 2.50. The smallest absolute Gasteiger partial charge is 0.148 e. The fraction of sp³-hybridized carbons (Fsp3) is 0.200. The van der Waals surface area contributed by atoms with Gasteiger partial charge in [0.25, 0.3) is 0 Å². The van der Waals surface area contributed by atoms with Gasteiger partial charge in [-0.05, 0) is 35.0 Å². The molecule has 2 aromatic rings. The van der Waals surface area contributed by atoms with Crippen LogP contribution in [0.4, 0.5) is 5.82 Å². The number of pyridine rings is 1. The molecule has 0 aromatic carbocycles. The largest absolute Gasteiger partial charge is 0.382 e. The highest BCUT2D eigenvalue weighted by atomic mass is 79.9. The monoisotopic (exact) mass is 266 g/mol. The van der Waals surface area contributed by atoms with E-state index in [4.69, 9.17) is 5.73 Å². The predicted octanol–water partition coefficient (Wildman–Crippen LogP) is 1.98. The van der Waals surface area contributed by atoms with Crippen LogP contribution in [0.3, 0.4) is 0 Å². The Hall–Kier alpha value is -1.36. The first kappa shape index (κ1) is 10.2. The Morgan fingerprint density at radius 3 is 2.93 bits per heavy atom. The molecule has 0 aliphatic rings. The van der Waals surface area contributed by atoms with Gasteiger partial charge < -0.3 is 5.73 Å². The molecule has 0 saturated carbocycles. The van der Waals surface area contributed by atoms with Gasteiger partial charge in [0.1, 0.15) is 5.82 Å². The van der Waals surface area contributed by atoms with Gasteiger partial charge >= 0.3 is 0 Å². The molecule has 78 valence electrons. The normalized spacial score (nSPS) is 10.5. The van der Waals surface area contributed by atoms with Crippen molar-refractivity contribution in [3.05, 3.63) is 40.3 Å². The van der Waals surface area contributed by atoms with E-state index >= 15 is 0 Å². The number of nitrogen functional groups attached to an aromatic ring is 1. The van der Waals surface area contributed by atoms with Gasteiger partial charge in [0, 0.05) is 22.4 Å². The van der Waals surface area contributed by atoms with Crippen LogP contribution in [0.1, 0.15) is 11.3 Å². The molecule has 0 atom stereocenters. The molecule has 2 N–H and O–H groups in total. The average molecular weight is 267 g/mol. The lowest BCUT2D eigenvalue weighted by atomic mass is 10.3. The zero-order valence-electron chi connectivity index (χ0n) is 8.31. The summed E-state index contributed by atoms with van der Waals surface area (Å²) in [7, 11) is 0. The second-order valence-electron chi connectivity index (χ2n) is 3.33. The van der Waals surface area contributed by atoms with E-state index in [0.29, 0.717) is 12.4 Å². The number of anilines is 1. The van der Waals surface area contributed by atoms with Crippen LogP contribution in [0.15, 0.2) is 29.0 Å². The molecule has 5 heteroatoms. The molecule has 0 aliphatic heterocycles. The SMILES string of the molecule is Cc1cn(Cc2ncccc2Br)nc1N. The van der Waals surface area contributed by atoms with Gasteiger partial charge in [0.2, 0.25) is 0 Å². The minimum Gasteiger partial charge on any atom is -0.382 e. The summed E-state index contributed by atoms with van der Waals surface area (Å²) >= 11 is 3.44. The van der Waals surface area contributed by atoms with Crippen LogP contribution in [-0.2, 0) is 6.54 Å². The van der Waals surface area contributed by atoms with Crippen LogP contribution in [0.25, 0.3) is 0 Å². The number of rotatable bonds is 2. The molecule has 15 heavy (non-hydrogen) atoms. The second-order valence-corrected chi connectivity index (χ2v) is 4.18. The van der Waals surface area contributed by atoms with Crippen molar-refractivity contribution in [2.24, 2.45) is 0 Å². The number of nitrogens with two attached hydrogens (primary N) is 1. The lowest BCUT2D eigenvalue weighted by molar-refractivity contribution is 0.673. The summed E-state index contributed by atoms with van der Waals surface area (Å²) in [6.45, 7) is 2.56. The Morgan fingerprint density at radius 1 is 1.53 bits per heavy atom. The van der Waals surface area contributed by atoms with Crippen LogP contribution in [-0.4, -0.2) is 14.8 Å². The molecular formula is C10H11BrN4. The first-order valence-electron chi connectivity index (χ1n) is 4.56. The fourth-order valence-corrected chi connectivity index (χ4v) is 1.69. The molecule has 0 saturated heterocycles. The maximum atomic E-state index is 5.67. The van der Waals surface area contributed by atoms with E-state index in [1.165, 1.54) is 0 Å². The third kappa shape index (κ3) is 2.18. The highest BCUT2D eigenvalue weighted by molar-refractivity contribution is 9.10. The van der Waals surface area contributed by atoms with Crippen molar-refractivity contribution in [3.8, 4) is 0 Å². The summed E-state index contributed by atoms with van der Waals surface area (Å²) in [5.74, 6) is 0.571. The maximum Gasteiger partial charge on any atom is 0.148 e. The third-order valence-corrected chi connectivity index (χ3v) is 2.85. The highest BCUT2D eigenvalue weighted by Crippen LogP contribution is 2.15. The van der Waals surface area contributed by atoms with E-state index in [1.54, 1.807) is 10.9 Å². The van der Waals surface area contributed by atoms with Crippen LogP contribution >= 0.6 is 15.9 Å². The zero-order chi connectivity index (χ0) is 10.8. The molecule has 2 heterocycles. The van der Waals surface area contributed by atoms with E-state index in [1.807, 2.05) is 25.3 Å². The fourth-order valence-electron chi connectivity index (χ4n) is 1.30. The third-order valence-electron chi connectivity index (χ3n) is 2.13. The van der Waals surface area contributed by atoms with Gasteiger partial charge in [-0.1, -0.05) is 0 Å². The summed E-state index contributed by atoms with van der Waals surface area (Å²) in [6, 6.07) is 3.85. The Bertz CT molecular complexity index is 459. The topological polar surface area (TPSA) is 56.7 Å². The number of hydrogen-bond acceptors (Lipinski definition) is 3. The molecule has 4 nitrogen and oxygen atoms in total. The summed E-state index contributed by atoms with van der Waals surface area (Å²) < 4.78 is 2.77. The number of nitrogens with zero attached hydrogens (tertiary/aromatic N) is 3. The van der Waals surface area contributed by atoms with Gasteiger partial charge in [-0.15, -0.1) is 0 Å². The van der Waals surface area contributed by atoms with Crippen LogP contribution in [0.2, 0.25) is 0 Å². The lowest BCUT2D eigenvalue weighted by Crippen LogP contribution is -2.03. The summed E-state index contributed by atoms with van der Waals surface area (Å²) in [4.78, 5) is 4.26. The quantitative estimate of drug-likeness (QED) is 0.905. The van der Waals surface area contributed by atoms with E-state index in [2.05, 4.69) is 26.0 Å². The summed E-state index contributed by atoms with van der Waals surface area (Å²) in [5, 5.41) is 4.18. The van der Waals surface area contributed by atoms with Gasteiger partial charge in [-0.2, -0.15) is 5.10 Å². The molecule has 0 aliphatic carbocycles. The Morgan fingerprint density at radius 2 is 2.33 bits per heavy atom. The Kier molecular flexibility index (Phi) is 2.73. The van der Waals surface area contributed by atoms with Gasteiger partial charge in [0.05, 0.1) is 12.2 Å². The van der Waals surface area contributed by atoms with Gasteiger partial charge in [0.15, 0.2) is 0 Å². The van der Waals surface area contributed by atoms with Gasteiger partial charge in [-0.25, -0.2) is 0 Å². The molecule has 0 amide bonds. The minimum absolute atomic E-state index is 0.571. The second kappa shape index (κ2) is 4.02. The van der Waals surface area contributed by atoms with Crippen LogP contribution in [0, 0.1) is 6.92 Å². The Balaban J connectivity index is 2.26. The number of aryl methyl sites for hydroxylation is 1. The van der Waals surface area contributed by atoms with Crippen molar-refractivity contribution in [1.29, 1.82) is 0 Å². The standard InChI is InChI=1S/C10H11BrN4/c1-7-5-15(14-10(7)12)6-9-8(11)3-2-4-13-9/h2-5H,6H2,1H3,(H2,12,14). The maximum absolute atomic E-state index is 5.67. The van der Waals surface area contributed by atoms with Gasteiger partial charge in [-0.3, -0.25) is 9.67 Å². The number of aromatic nitrogens is 3. The van der Waals surface area contributed by atoms with Crippen molar-refractivity contribution >= 4 is 21.7 Å². The minimum atomic E-state index is 0.571. The van der Waals surface area contributed by atoms with Crippen LogP contribution < -0.4 is 5.73 Å². The number of halogens is 1. The lowest BCUT2D eigenvalue weighted by Gasteiger charge is -2.02. The number of hydrogen-bond donors (Lipinski definition) is 1. The summed E-state index contributed by atoms with van der Waals surface area (Å²) in [6.07, 6.45) is 3.68.